The highest BCUT2D eigenvalue weighted by Gasteiger charge is 2.26. The van der Waals surface area contributed by atoms with Crippen molar-refractivity contribution in [2.45, 2.75) is 38.3 Å². The lowest BCUT2D eigenvalue weighted by Gasteiger charge is -2.20. The Balaban J connectivity index is 2.12. The topological polar surface area (TPSA) is 121 Å². The molecule has 0 bridgehead atoms. The van der Waals surface area contributed by atoms with Gasteiger partial charge in [0.1, 0.15) is 11.7 Å². The molecule has 0 spiro atoms. The molecule has 0 aliphatic carbocycles. The summed E-state index contributed by atoms with van der Waals surface area (Å²) >= 11 is 0. The Morgan fingerprint density at radius 1 is 1.15 bits per heavy atom. The summed E-state index contributed by atoms with van der Waals surface area (Å²) in [5.74, 6) is -1.86. The molecule has 1 aromatic carbocycles. The van der Waals surface area contributed by atoms with E-state index in [1.165, 1.54) is 32.4 Å². The van der Waals surface area contributed by atoms with Crippen LogP contribution >= 0.6 is 0 Å². The number of carbonyl (C=O) groups excluding carboxylic acids is 3. The number of nitrogens with zero attached hydrogens (tertiary/aromatic N) is 2. The molecule has 3 N–H and O–H groups in total. The van der Waals surface area contributed by atoms with E-state index in [2.05, 4.69) is 20.6 Å². The molecule has 0 saturated carbocycles. The van der Waals surface area contributed by atoms with E-state index >= 15 is 0 Å². The molecular weight excluding hydrogens is 348 g/mol. The van der Waals surface area contributed by atoms with Gasteiger partial charge in [0.25, 0.3) is 5.91 Å². The van der Waals surface area contributed by atoms with Crippen LogP contribution < -0.4 is 10.6 Å². The molecule has 0 radical (unpaired) electrons. The van der Waals surface area contributed by atoms with Gasteiger partial charge in [0.05, 0.1) is 18.2 Å². The summed E-state index contributed by atoms with van der Waals surface area (Å²) in [6.45, 7) is 2.93. The van der Waals surface area contributed by atoms with E-state index in [0.29, 0.717) is 0 Å². The molecule has 0 saturated heterocycles. The van der Waals surface area contributed by atoms with Crippen molar-refractivity contribution in [3.05, 3.63) is 60.2 Å². The van der Waals surface area contributed by atoms with E-state index in [9.17, 15) is 19.5 Å². The number of amides is 3. The van der Waals surface area contributed by atoms with Crippen LogP contribution in [0.15, 0.2) is 48.9 Å². The Labute approximate surface area is 157 Å². The van der Waals surface area contributed by atoms with Crippen molar-refractivity contribution in [2.24, 2.45) is 0 Å². The molecule has 8 nitrogen and oxygen atoms in total. The molecule has 0 aliphatic heterocycles. The normalized spacial score (nSPS) is 12.1. The largest absolute Gasteiger partial charge is 0.390 e. The number of hydrogen-bond donors (Lipinski definition) is 3. The number of hydrogen-bond acceptors (Lipinski definition) is 6. The Bertz CT molecular complexity index is 788. The van der Waals surface area contributed by atoms with Crippen LogP contribution in [-0.4, -0.2) is 44.4 Å². The van der Waals surface area contributed by atoms with Gasteiger partial charge in [-0.3, -0.25) is 24.7 Å². The predicted octanol–water partition coefficient (Wildman–Crippen LogP) is 0.621. The number of carbonyl (C=O) groups is 3. The van der Waals surface area contributed by atoms with E-state index in [1.54, 1.807) is 0 Å². The smallest absolute Gasteiger partial charge is 0.272 e. The number of aliphatic hydroxyl groups is 1. The lowest BCUT2D eigenvalue weighted by molar-refractivity contribution is -0.133. The maximum Gasteiger partial charge on any atom is 0.272 e. The third-order valence-corrected chi connectivity index (χ3v) is 3.56. The van der Waals surface area contributed by atoms with Gasteiger partial charge in [-0.2, -0.15) is 0 Å². The maximum atomic E-state index is 12.5. The summed E-state index contributed by atoms with van der Waals surface area (Å²) in [5, 5.41) is 14.5. The van der Waals surface area contributed by atoms with E-state index in [1.807, 2.05) is 30.3 Å². The molecule has 1 heterocycles. The quantitative estimate of drug-likeness (QED) is 0.657. The molecule has 8 heteroatoms. The van der Waals surface area contributed by atoms with Gasteiger partial charge in [-0.1, -0.05) is 30.3 Å². The average Bonchev–Trinajstić information content (AvgIpc) is 2.61. The van der Waals surface area contributed by atoms with Crippen LogP contribution in [0.1, 0.15) is 36.3 Å². The first-order chi connectivity index (χ1) is 12.7. The second-order valence-corrected chi connectivity index (χ2v) is 6.71. The first-order valence-corrected chi connectivity index (χ1v) is 8.41. The second-order valence-electron chi connectivity index (χ2n) is 6.71. The third-order valence-electron chi connectivity index (χ3n) is 3.56. The average molecular weight is 370 g/mol. The summed E-state index contributed by atoms with van der Waals surface area (Å²) in [6, 6.07) is 8.10. The molecule has 2 rings (SSSR count). The van der Waals surface area contributed by atoms with Gasteiger partial charge in [0, 0.05) is 18.8 Å². The summed E-state index contributed by atoms with van der Waals surface area (Å²) in [4.78, 5) is 44.6. The summed E-state index contributed by atoms with van der Waals surface area (Å²) in [6.07, 6.45) is 4.03. The van der Waals surface area contributed by atoms with Gasteiger partial charge in [0.2, 0.25) is 11.8 Å². The van der Waals surface area contributed by atoms with Crippen molar-refractivity contribution in [1.82, 2.24) is 20.6 Å². The van der Waals surface area contributed by atoms with Gasteiger partial charge < -0.3 is 10.4 Å². The second kappa shape index (κ2) is 9.00. The molecule has 3 amide bonds. The Morgan fingerprint density at radius 2 is 1.85 bits per heavy atom. The summed E-state index contributed by atoms with van der Waals surface area (Å²) < 4.78 is 0. The number of nitrogens with one attached hydrogen (secondary N) is 2. The Hall–Kier alpha value is -3.13. The van der Waals surface area contributed by atoms with Gasteiger partial charge >= 0.3 is 0 Å². The van der Waals surface area contributed by atoms with Crippen LogP contribution in [0.4, 0.5) is 0 Å². The fourth-order valence-electron chi connectivity index (χ4n) is 2.37. The van der Waals surface area contributed by atoms with Gasteiger partial charge in [0.15, 0.2) is 0 Å². The van der Waals surface area contributed by atoms with Crippen LogP contribution in [0.5, 0.6) is 0 Å². The zero-order valence-electron chi connectivity index (χ0n) is 15.2. The monoisotopic (exact) mass is 370 g/mol. The number of imide groups is 1. The first-order valence-electron chi connectivity index (χ1n) is 8.41. The zero-order valence-corrected chi connectivity index (χ0v) is 15.2. The van der Waals surface area contributed by atoms with Crippen LogP contribution in [0.25, 0.3) is 0 Å². The number of benzene rings is 1. The Kier molecular flexibility index (Phi) is 6.73. The van der Waals surface area contributed by atoms with Crippen molar-refractivity contribution in [3.8, 4) is 0 Å². The fourth-order valence-corrected chi connectivity index (χ4v) is 2.37. The van der Waals surface area contributed by atoms with Crippen LogP contribution in [0.3, 0.4) is 0 Å². The zero-order chi connectivity index (χ0) is 19.9. The highest BCUT2D eigenvalue weighted by atomic mass is 16.3. The molecule has 1 atom stereocenters. The first kappa shape index (κ1) is 20.2. The molecule has 0 aliphatic rings. The standard InChI is InChI=1S/C19H22N4O4/c1-19(2,27)11-16(24)23-17(25)14(10-13-6-4-3-5-7-13)22-18(26)15-12-20-8-9-21-15/h3-9,12,14,27H,10-11H2,1-2H3,(H,22,26)(H,23,24,25)/t14-/m1/s1. The van der Waals surface area contributed by atoms with Crippen LogP contribution in [-0.2, 0) is 16.0 Å². The molecule has 0 unspecified atom stereocenters. The Morgan fingerprint density at radius 3 is 2.44 bits per heavy atom. The lowest BCUT2D eigenvalue weighted by Crippen LogP contribution is -2.50. The maximum absolute atomic E-state index is 12.5. The molecule has 2 aromatic rings. The van der Waals surface area contributed by atoms with E-state index in [-0.39, 0.29) is 18.5 Å². The molecule has 1 aromatic heterocycles. The highest BCUT2D eigenvalue weighted by Crippen LogP contribution is 2.08. The van der Waals surface area contributed by atoms with Crippen LogP contribution in [0.2, 0.25) is 0 Å². The minimum absolute atomic E-state index is 0.0613. The summed E-state index contributed by atoms with van der Waals surface area (Å²) in [5.41, 5.74) is -0.375. The van der Waals surface area contributed by atoms with E-state index in [4.69, 9.17) is 0 Å². The molecule has 0 fully saturated rings. The van der Waals surface area contributed by atoms with Crippen LogP contribution in [0, 0.1) is 0 Å². The minimum atomic E-state index is -1.25. The van der Waals surface area contributed by atoms with Crippen molar-refractivity contribution in [3.63, 3.8) is 0 Å². The van der Waals surface area contributed by atoms with Gasteiger partial charge in [-0.15, -0.1) is 0 Å². The molecular formula is C19H22N4O4. The van der Waals surface area contributed by atoms with Gasteiger partial charge in [-0.25, -0.2) is 4.98 Å². The number of rotatable bonds is 7. The van der Waals surface area contributed by atoms with Crippen molar-refractivity contribution in [1.29, 1.82) is 0 Å². The fraction of sp³-hybridized carbons (Fsp3) is 0.316. The number of aromatic nitrogens is 2. The van der Waals surface area contributed by atoms with Crippen molar-refractivity contribution in [2.75, 3.05) is 0 Å². The van der Waals surface area contributed by atoms with Crippen molar-refractivity contribution < 1.29 is 19.5 Å². The van der Waals surface area contributed by atoms with E-state index < -0.39 is 29.4 Å². The highest BCUT2D eigenvalue weighted by molar-refractivity contribution is 6.01. The minimum Gasteiger partial charge on any atom is -0.390 e. The molecule has 27 heavy (non-hydrogen) atoms. The van der Waals surface area contributed by atoms with Gasteiger partial charge in [-0.05, 0) is 19.4 Å². The third kappa shape index (κ3) is 6.95. The van der Waals surface area contributed by atoms with E-state index in [0.717, 1.165) is 5.56 Å². The predicted molar refractivity (Wildman–Crippen MR) is 97.5 cm³/mol. The van der Waals surface area contributed by atoms with Crippen molar-refractivity contribution >= 4 is 17.7 Å². The molecule has 142 valence electrons. The summed E-state index contributed by atoms with van der Waals surface area (Å²) in [7, 11) is 0. The lowest BCUT2D eigenvalue weighted by atomic mass is 10.0. The SMILES string of the molecule is CC(C)(O)CC(=O)NC(=O)[C@@H](Cc1ccccc1)NC(=O)c1cnccn1.